The number of amides is 1. The third kappa shape index (κ3) is 3.89. The molecule has 0 bridgehead atoms. The fraction of sp³-hybridized carbons (Fsp3) is 0.263. The van der Waals surface area contributed by atoms with E-state index in [1.165, 1.54) is 6.08 Å². The number of hydrogen-bond donors (Lipinski definition) is 0. The number of halogens is 2. The van der Waals surface area contributed by atoms with E-state index < -0.39 is 0 Å². The van der Waals surface area contributed by atoms with Crippen molar-refractivity contribution in [2.45, 2.75) is 19.3 Å². The number of carbonyl (C=O) groups excluding carboxylic acids is 1. The summed E-state index contributed by atoms with van der Waals surface area (Å²) in [5.41, 5.74) is 0.731. The van der Waals surface area contributed by atoms with Crippen molar-refractivity contribution in [2.75, 3.05) is 13.1 Å². The van der Waals surface area contributed by atoms with E-state index in [-0.39, 0.29) is 11.5 Å². The average Bonchev–Trinajstić information content (AvgIpc) is 3.10. The van der Waals surface area contributed by atoms with Crippen LogP contribution in [0.1, 0.15) is 25.0 Å². The van der Waals surface area contributed by atoms with Crippen LogP contribution in [0, 0.1) is 11.3 Å². The molecule has 0 radical (unpaired) electrons. The summed E-state index contributed by atoms with van der Waals surface area (Å²) in [6.45, 7) is 1.39. The number of piperidine rings is 1. The number of furan rings is 1. The van der Waals surface area contributed by atoms with E-state index in [4.69, 9.17) is 27.6 Å². The Morgan fingerprint density at radius 3 is 2.64 bits per heavy atom. The minimum absolute atomic E-state index is 0.0694. The molecule has 2 heterocycles. The highest BCUT2D eigenvalue weighted by Crippen LogP contribution is 2.34. The zero-order chi connectivity index (χ0) is 17.8. The Hall–Kier alpha value is -2.22. The smallest absolute Gasteiger partial charge is 0.264 e. The van der Waals surface area contributed by atoms with Crippen molar-refractivity contribution in [1.29, 1.82) is 5.26 Å². The Kier molecular flexibility index (Phi) is 5.47. The number of rotatable bonds is 3. The van der Waals surface area contributed by atoms with Crippen molar-refractivity contribution in [1.82, 2.24) is 4.90 Å². The van der Waals surface area contributed by atoms with Gasteiger partial charge in [0.1, 0.15) is 23.2 Å². The lowest BCUT2D eigenvalue weighted by Gasteiger charge is -2.26. The van der Waals surface area contributed by atoms with Gasteiger partial charge in [0.15, 0.2) is 0 Å². The van der Waals surface area contributed by atoms with E-state index >= 15 is 0 Å². The highest BCUT2D eigenvalue weighted by molar-refractivity contribution is 6.43. The van der Waals surface area contributed by atoms with Crippen LogP contribution in [-0.4, -0.2) is 23.9 Å². The van der Waals surface area contributed by atoms with E-state index in [9.17, 15) is 10.1 Å². The lowest BCUT2D eigenvalue weighted by Crippen LogP contribution is -2.36. The minimum atomic E-state index is -0.249. The lowest BCUT2D eigenvalue weighted by molar-refractivity contribution is -0.127. The zero-order valence-electron chi connectivity index (χ0n) is 13.5. The maximum atomic E-state index is 12.5. The van der Waals surface area contributed by atoms with E-state index in [2.05, 4.69) is 0 Å². The van der Waals surface area contributed by atoms with E-state index in [0.717, 1.165) is 19.3 Å². The second-order valence-electron chi connectivity index (χ2n) is 5.83. The molecule has 4 nitrogen and oxygen atoms in total. The van der Waals surface area contributed by atoms with Crippen molar-refractivity contribution < 1.29 is 9.21 Å². The first-order valence-corrected chi connectivity index (χ1v) is 8.81. The summed E-state index contributed by atoms with van der Waals surface area (Å²) < 4.78 is 5.73. The first kappa shape index (κ1) is 17.6. The molecule has 1 amide bonds. The molecule has 0 atom stereocenters. The fourth-order valence-corrected chi connectivity index (χ4v) is 3.21. The average molecular weight is 375 g/mol. The molecule has 0 unspecified atom stereocenters. The van der Waals surface area contributed by atoms with Crippen molar-refractivity contribution in [3.05, 3.63) is 51.7 Å². The number of benzene rings is 1. The van der Waals surface area contributed by atoms with Gasteiger partial charge < -0.3 is 9.32 Å². The highest BCUT2D eigenvalue weighted by atomic mass is 35.5. The molecule has 1 aromatic heterocycles. The van der Waals surface area contributed by atoms with Crippen LogP contribution in [0.4, 0.5) is 0 Å². The monoisotopic (exact) mass is 374 g/mol. The topological polar surface area (TPSA) is 57.2 Å². The van der Waals surface area contributed by atoms with Gasteiger partial charge in [0.25, 0.3) is 5.91 Å². The van der Waals surface area contributed by atoms with Crippen molar-refractivity contribution in [3.63, 3.8) is 0 Å². The predicted octanol–water partition coefficient (Wildman–Crippen LogP) is 5.17. The summed E-state index contributed by atoms with van der Waals surface area (Å²) in [5, 5.41) is 10.2. The van der Waals surface area contributed by atoms with Crippen molar-refractivity contribution in [3.8, 4) is 17.4 Å². The maximum absolute atomic E-state index is 12.5. The van der Waals surface area contributed by atoms with Crippen LogP contribution in [0.25, 0.3) is 17.4 Å². The van der Waals surface area contributed by atoms with E-state index in [1.807, 2.05) is 6.07 Å². The molecule has 0 saturated carbocycles. The Morgan fingerprint density at radius 2 is 1.92 bits per heavy atom. The highest BCUT2D eigenvalue weighted by Gasteiger charge is 2.20. The molecular weight excluding hydrogens is 359 g/mol. The maximum Gasteiger partial charge on any atom is 0.264 e. The predicted molar refractivity (Wildman–Crippen MR) is 98.2 cm³/mol. The fourth-order valence-electron chi connectivity index (χ4n) is 2.82. The summed E-state index contributed by atoms with van der Waals surface area (Å²) >= 11 is 12.2. The van der Waals surface area contributed by atoms with Crippen molar-refractivity contribution in [2.24, 2.45) is 0 Å². The molecule has 1 aromatic carbocycles. The first-order chi connectivity index (χ1) is 12.1. The SMILES string of the molecule is N#CC(=Cc1ccc(-c2cccc(Cl)c2Cl)o1)C(=O)N1CCCCC1. The van der Waals surface area contributed by atoms with Gasteiger partial charge in [-0.2, -0.15) is 5.26 Å². The Balaban J connectivity index is 1.85. The van der Waals surface area contributed by atoms with Gasteiger partial charge in [0, 0.05) is 24.7 Å². The molecule has 6 heteroatoms. The van der Waals surface area contributed by atoms with Crippen molar-refractivity contribution >= 4 is 35.2 Å². The van der Waals surface area contributed by atoms with E-state index in [0.29, 0.717) is 40.2 Å². The number of nitriles is 1. The molecule has 3 rings (SSSR count). The molecule has 1 aliphatic heterocycles. The summed E-state index contributed by atoms with van der Waals surface area (Å²) in [7, 11) is 0. The van der Waals surface area contributed by atoms with Gasteiger partial charge in [-0.25, -0.2) is 0 Å². The number of nitrogens with zero attached hydrogens (tertiary/aromatic N) is 2. The lowest BCUT2D eigenvalue weighted by atomic mass is 10.1. The van der Waals surface area contributed by atoms with Crippen LogP contribution in [0.15, 0.2) is 40.3 Å². The first-order valence-electron chi connectivity index (χ1n) is 8.05. The van der Waals surface area contributed by atoms with Gasteiger partial charge in [-0.05, 0) is 43.5 Å². The molecule has 128 valence electrons. The zero-order valence-corrected chi connectivity index (χ0v) is 15.0. The third-order valence-electron chi connectivity index (χ3n) is 4.12. The summed E-state index contributed by atoms with van der Waals surface area (Å²) in [6, 6.07) is 10.7. The quantitative estimate of drug-likeness (QED) is 0.549. The molecule has 0 aliphatic carbocycles. The summed E-state index contributed by atoms with van der Waals surface area (Å²) in [5.74, 6) is 0.704. The molecular formula is C19H16Cl2N2O2. The van der Waals surface area contributed by atoms with E-state index in [1.54, 1.807) is 35.2 Å². The molecule has 2 aromatic rings. The summed E-state index contributed by atoms with van der Waals surface area (Å²) in [4.78, 5) is 14.2. The van der Waals surface area contributed by atoms with Crippen LogP contribution in [-0.2, 0) is 4.79 Å². The van der Waals surface area contributed by atoms with Crippen LogP contribution in [0.2, 0.25) is 10.0 Å². The van der Waals surface area contributed by atoms with Gasteiger partial charge in [-0.15, -0.1) is 0 Å². The van der Waals surface area contributed by atoms with Gasteiger partial charge >= 0.3 is 0 Å². The molecule has 1 aliphatic rings. The van der Waals surface area contributed by atoms with Crippen LogP contribution >= 0.6 is 23.2 Å². The van der Waals surface area contributed by atoms with Gasteiger partial charge in [0.05, 0.1) is 10.0 Å². The summed E-state index contributed by atoms with van der Waals surface area (Å²) in [6.07, 6.45) is 4.54. The second kappa shape index (κ2) is 7.77. The number of likely N-dealkylation sites (tertiary alicyclic amines) is 1. The Bertz CT molecular complexity index is 859. The molecule has 25 heavy (non-hydrogen) atoms. The Labute approximate surface area is 156 Å². The molecule has 1 saturated heterocycles. The van der Waals surface area contributed by atoms with Crippen LogP contribution in [0.5, 0.6) is 0 Å². The minimum Gasteiger partial charge on any atom is -0.457 e. The third-order valence-corrected chi connectivity index (χ3v) is 4.94. The van der Waals surface area contributed by atoms with Gasteiger partial charge in [-0.1, -0.05) is 29.3 Å². The number of carbonyl (C=O) groups is 1. The normalized spacial score (nSPS) is 15.1. The molecule has 1 fully saturated rings. The van der Waals surface area contributed by atoms with Crippen LogP contribution in [0.3, 0.4) is 0 Å². The van der Waals surface area contributed by atoms with Crippen LogP contribution < -0.4 is 0 Å². The molecule has 0 N–H and O–H groups in total. The standard InChI is InChI=1S/C19H16Cl2N2O2/c20-16-6-4-5-15(18(16)21)17-8-7-14(25-17)11-13(12-22)19(24)23-9-2-1-3-10-23/h4-8,11H,1-3,9-10H2. The Morgan fingerprint density at radius 1 is 1.16 bits per heavy atom. The molecule has 0 spiro atoms. The largest absolute Gasteiger partial charge is 0.457 e. The number of hydrogen-bond acceptors (Lipinski definition) is 3. The van der Waals surface area contributed by atoms with Gasteiger partial charge in [-0.3, -0.25) is 4.79 Å². The van der Waals surface area contributed by atoms with Gasteiger partial charge in [0.2, 0.25) is 0 Å². The second-order valence-corrected chi connectivity index (χ2v) is 6.61.